The van der Waals surface area contributed by atoms with Crippen molar-refractivity contribution in [1.29, 1.82) is 0 Å². The third-order valence-corrected chi connectivity index (χ3v) is 5.30. The van der Waals surface area contributed by atoms with Gasteiger partial charge >= 0.3 is 6.36 Å². The van der Waals surface area contributed by atoms with E-state index in [1.165, 1.54) is 24.3 Å². The van der Waals surface area contributed by atoms with Gasteiger partial charge in [-0.3, -0.25) is 9.69 Å². The highest BCUT2D eigenvalue weighted by Crippen LogP contribution is 2.47. The van der Waals surface area contributed by atoms with Gasteiger partial charge in [0.05, 0.1) is 12.5 Å². The number of fused-ring (bicyclic) bond motifs is 3. The van der Waals surface area contributed by atoms with Crippen LogP contribution < -0.4 is 14.8 Å². The zero-order chi connectivity index (χ0) is 20.8. The summed E-state index contributed by atoms with van der Waals surface area (Å²) in [4.78, 5) is 14.8. The second-order valence-electron chi connectivity index (χ2n) is 7.21. The van der Waals surface area contributed by atoms with Crippen molar-refractivity contribution in [2.45, 2.75) is 12.4 Å². The number of benzene rings is 2. The predicted octanol–water partition coefficient (Wildman–Crippen LogP) is 3.97. The lowest BCUT2D eigenvalue weighted by Gasteiger charge is -2.33. The van der Waals surface area contributed by atoms with Gasteiger partial charge in [0.25, 0.3) is 0 Å². The minimum Gasteiger partial charge on any atom is -0.493 e. The molecule has 4 rings (SSSR count). The lowest BCUT2D eigenvalue weighted by Crippen LogP contribution is -2.34. The van der Waals surface area contributed by atoms with Crippen LogP contribution in [0.3, 0.4) is 0 Å². The van der Waals surface area contributed by atoms with Gasteiger partial charge in [-0.1, -0.05) is 0 Å². The number of hydrogen-bond acceptors (Lipinski definition) is 4. The van der Waals surface area contributed by atoms with Crippen LogP contribution in [0.2, 0.25) is 0 Å². The Morgan fingerprint density at radius 2 is 1.93 bits per heavy atom. The van der Waals surface area contributed by atoms with Gasteiger partial charge in [0, 0.05) is 29.8 Å². The minimum atomic E-state index is -4.77. The molecule has 2 heterocycles. The van der Waals surface area contributed by atoms with Crippen molar-refractivity contribution < 1.29 is 31.8 Å². The van der Waals surface area contributed by atoms with Crippen molar-refractivity contribution in [3.63, 3.8) is 0 Å². The number of carbonyl (C=O) groups is 1. The van der Waals surface area contributed by atoms with E-state index in [0.29, 0.717) is 30.2 Å². The molecule has 5 nitrogen and oxygen atoms in total. The lowest BCUT2D eigenvalue weighted by atomic mass is 9.85. The van der Waals surface area contributed by atoms with Crippen LogP contribution in [0.25, 0.3) is 0 Å². The van der Waals surface area contributed by atoms with Gasteiger partial charge in [-0.05, 0) is 49.5 Å². The van der Waals surface area contributed by atoms with E-state index in [1.807, 2.05) is 11.9 Å². The highest BCUT2D eigenvalue weighted by molar-refractivity contribution is 5.93. The van der Waals surface area contributed by atoms with Crippen molar-refractivity contribution in [2.24, 2.45) is 11.8 Å². The summed E-state index contributed by atoms with van der Waals surface area (Å²) in [5.41, 5.74) is 1.08. The van der Waals surface area contributed by atoms with Gasteiger partial charge in [0.2, 0.25) is 5.91 Å². The number of halogens is 4. The Morgan fingerprint density at radius 3 is 2.62 bits per heavy atom. The van der Waals surface area contributed by atoms with Crippen LogP contribution >= 0.6 is 0 Å². The molecule has 3 atom stereocenters. The van der Waals surface area contributed by atoms with Crippen molar-refractivity contribution in [2.75, 3.05) is 25.5 Å². The number of hydrogen-bond donors (Lipinski definition) is 1. The molecule has 0 spiro atoms. The molecule has 2 aromatic carbocycles. The summed E-state index contributed by atoms with van der Waals surface area (Å²) in [5.74, 6) is -0.960. The second kappa shape index (κ2) is 7.22. The summed E-state index contributed by atoms with van der Waals surface area (Å²) in [5, 5.41) is 2.73. The summed E-state index contributed by atoms with van der Waals surface area (Å²) in [6.45, 7) is 0.778. The predicted molar refractivity (Wildman–Crippen MR) is 96.0 cm³/mol. The number of likely N-dealkylation sites (tertiary alicyclic amines) is 1. The van der Waals surface area contributed by atoms with E-state index in [0.717, 1.165) is 12.1 Å². The molecular weight excluding hydrogens is 392 g/mol. The molecule has 0 radical (unpaired) electrons. The van der Waals surface area contributed by atoms with Crippen LogP contribution in [0.4, 0.5) is 23.2 Å². The van der Waals surface area contributed by atoms with E-state index in [4.69, 9.17) is 4.74 Å². The van der Waals surface area contributed by atoms with Crippen LogP contribution in [0.1, 0.15) is 11.6 Å². The van der Waals surface area contributed by atoms with Crippen LogP contribution in [0.5, 0.6) is 11.5 Å². The molecule has 1 amide bonds. The molecule has 2 aromatic rings. The average Bonchev–Trinajstić information content (AvgIpc) is 2.99. The second-order valence-corrected chi connectivity index (χ2v) is 7.21. The Morgan fingerprint density at radius 1 is 1.21 bits per heavy atom. The Kier molecular flexibility index (Phi) is 4.85. The molecule has 0 saturated carbocycles. The highest BCUT2D eigenvalue weighted by Gasteiger charge is 2.47. The van der Waals surface area contributed by atoms with Gasteiger partial charge in [-0.15, -0.1) is 13.2 Å². The molecule has 0 aliphatic carbocycles. The molecule has 0 bridgehead atoms. The molecule has 2 aliphatic rings. The molecule has 0 unspecified atom stereocenters. The summed E-state index contributed by atoms with van der Waals surface area (Å²) in [6.07, 6.45) is -4.77. The highest BCUT2D eigenvalue weighted by atomic mass is 19.4. The topological polar surface area (TPSA) is 50.8 Å². The monoisotopic (exact) mass is 410 g/mol. The zero-order valence-corrected chi connectivity index (χ0v) is 15.4. The maximum absolute atomic E-state index is 13.7. The molecule has 2 aliphatic heterocycles. The van der Waals surface area contributed by atoms with Gasteiger partial charge < -0.3 is 14.8 Å². The van der Waals surface area contributed by atoms with Crippen LogP contribution in [0, 0.1) is 17.7 Å². The smallest absolute Gasteiger partial charge is 0.493 e. The van der Waals surface area contributed by atoms with E-state index in [-0.39, 0.29) is 29.4 Å². The van der Waals surface area contributed by atoms with E-state index in [9.17, 15) is 22.4 Å². The fourth-order valence-electron chi connectivity index (χ4n) is 4.10. The number of ether oxygens (including phenoxy) is 2. The first-order valence-electron chi connectivity index (χ1n) is 9.00. The largest absolute Gasteiger partial charge is 0.573 e. The third kappa shape index (κ3) is 4.00. The van der Waals surface area contributed by atoms with Crippen LogP contribution in [-0.4, -0.2) is 37.4 Å². The van der Waals surface area contributed by atoms with Crippen molar-refractivity contribution in [1.82, 2.24) is 4.90 Å². The number of nitrogens with one attached hydrogen (secondary N) is 1. The first-order valence-corrected chi connectivity index (χ1v) is 9.00. The maximum atomic E-state index is 13.7. The molecule has 1 fully saturated rings. The van der Waals surface area contributed by atoms with E-state index in [1.54, 1.807) is 6.07 Å². The molecule has 154 valence electrons. The van der Waals surface area contributed by atoms with Gasteiger partial charge in [-0.25, -0.2) is 4.39 Å². The first-order chi connectivity index (χ1) is 13.7. The summed E-state index contributed by atoms with van der Waals surface area (Å²) in [7, 11) is 1.87. The Balaban J connectivity index is 1.48. The van der Waals surface area contributed by atoms with E-state index in [2.05, 4.69) is 10.1 Å². The molecular formula is C20H18F4N2O3. The number of carbonyl (C=O) groups excluding carboxylic acids is 1. The summed E-state index contributed by atoms with van der Waals surface area (Å²) < 4.78 is 60.0. The fraction of sp³-hybridized carbons (Fsp3) is 0.350. The summed E-state index contributed by atoms with van der Waals surface area (Å²) >= 11 is 0. The standard InChI is InChI=1S/C20H18F4N2O3/c1-26-9-15(16-10-28-17-7-2-11(21)8-14(17)18(16)26)19(27)25-12-3-5-13(6-4-12)29-20(22,23)24/h2-8,15-16,18H,9-10H2,1H3,(H,25,27)/t15-,16+,18+/m1/s1. The summed E-state index contributed by atoms with van der Waals surface area (Å²) in [6, 6.07) is 9.17. The number of rotatable bonds is 3. The minimum absolute atomic E-state index is 0.146. The fourth-order valence-corrected chi connectivity index (χ4v) is 4.10. The van der Waals surface area contributed by atoms with Gasteiger partial charge in [-0.2, -0.15) is 0 Å². The number of alkyl halides is 3. The number of anilines is 1. The van der Waals surface area contributed by atoms with Crippen molar-refractivity contribution in [3.05, 3.63) is 53.8 Å². The molecule has 29 heavy (non-hydrogen) atoms. The van der Waals surface area contributed by atoms with E-state index >= 15 is 0 Å². The quantitative estimate of drug-likeness (QED) is 0.778. The van der Waals surface area contributed by atoms with Gasteiger partial charge in [0.15, 0.2) is 0 Å². The Labute approximate surface area is 164 Å². The molecule has 1 saturated heterocycles. The average molecular weight is 410 g/mol. The maximum Gasteiger partial charge on any atom is 0.573 e. The SMILES string of the molecule is CN1C[C@@H](C(=O)Nc2ccc(OC(F)(F)F)cc2)[C@@H]2COc3ccc(F)cc3[C@@H]21. The van der Waals surface area contributed by atoms with Crippen LogP contribution in [-0.2, 0) is 4.79 Å². The number of nitrogens with zero attached hydrogens (tertiary/aromatic N) is 1. The Hall–Kier alpha value is -2.81. The lowest BCUT2D eigenvalue weighted by molar-refractivity contribution is -0.274. The molecule has 1 N–H and O–H groups in total. The van der Waals surface area contributed by atoms with Crippen molar-refractivity contribution in [3.8, 4) is 11.5 Å². The normalized spacial score (nSPS) is 23.7. The van der Waals surface area contributed by atoms with Gasteiger partial charge in [0.1, 0.15) is 17.3 Å². The zero-order valence-electron chi connectivity index (χ0n) is 15.4. The molecule has 9 heteroatoms. The van der Waals surface area contributed by atoms with Crippen LogP contribution in [0.15, 0.2) is 42.5 Å². The Bertz CT molecular complexity index is 917. The third-order valence-electron chi connectivity index (χ3n) is 5.30. The van der Waals surface area contributed by atoms with Crippen molar-refractivity contribution >= 4 is 11.6 Å². The first kappa shape index (κ1) is 19.5. The van der Waals surface area contributed by atoms with E-state index < -0.39 is 12.3 Å². The molecule has 0 aromatic heterocycles. The number of amides is 1.